The summed E-state index contributed by atoms with van der Waals surface area (Å²) in [6.07, 6.45) is 0.912. The number of aryl methyl sites for hydroxylation is 2. The molecule has 3 aromatic rings. The summed E-state index contributed by atoms with van der Waals surface area (Å²) in [5, 5.41) is 0.878. The Kier molecular flexibility index (Phi) is 6.38. The second-order valence-electron chi connectivity index (χ2n) is 7.45. The smallest absolute Gasteiger partial charge is 0.233 e. The predicted octanol–water partition coefficient (Wildman–Crippen LogP) is 3.06. The molecule has 1 fully saturated rings. The van der Waals surface area contributed by atoms with Crippen molar-refractivity contribution in [1.82, 2.24) is 19.4 Å². The number of benzene rings is 2. The quantitative estimate of drug-likeness (QED) is 0.573. The Bertz CT molecular complexity index is 1030. The average molecular weight is 423 g/mol. The first-order valence-electron chi connectivity index (χ1n) is 10.3. The molecule has 4 rings (SSSR count). The highest BCUT2D eigenvalue weighted by Crippen LogP contribution is 2.25. The highest BCUT2D eigenvalue weighted by Gasteiger charge is 2.23. The lowest BCUT2D eigenvalue weighted by molar-refractivity contribution is -0.136. The van der Waals surface area contributed by atoms with Gasteiger partial charge in [0.05, 0.1) is 16.8 Å². The SMILES string of the molecule is CC(=O)N1CCN(C(=O)CSc2nc3ccccc3n2CCc2ccccc2)CC1. The van der Waals surface area contributed by atoms with Gasteiger partial charge in [-0.15, -0.1) is 0 Å². The van der Waals surface area contributed by atoms with E-state index in [4.69, 9.17) is 4.98 Å². The standard InChI is InChI=1S/C23H26N4O2S/c1-18(28)25-13-15-26(16-14-25)22(29)17-30-23-24-20-9-5-6-10-21(20)27(23)12-11-19-7-3-2-4-8-19/h2-10H,11-17H2,1H3. The van der Waals surface area contributed by atoms with E-state index >= 15 is 0 Å². The Morgan fingerprint density at radius 1 is 0.933 bits per heavy atom. The maximum Gasteiger partial charge on any atom is 0.233 e. The van der Waals surface area contributed by atoms with Gasteiger partial charge in [0, 0.05) is 39.6 Å². The van der Waals surface area contributed by atoms with Gasteiger partial charge in [0.2, 0.25) is 11.8 Å². The largest absolute Gasteiger partial charge is 0.339 e. The molecule has 156 valence electrons. The molecule has 1 aromatic heterocycles. The van der Waals surface area contributed by atoms with Gasteiger partial charge in [0.15, 0.2) is 5.16 Å². The number of piperazine rings is 1. The van der Waals surface area contributed by atoms with Crippen LogP contribution < -0.4 is 0 Å². The predicted molar refractivity (Wildman–Crippen MR) is 119 cm³/mol. The molecular formula is C23H26N4O2S. The van der Waals surface area contributed by atoms with E-state index in [1.165, 1.54) is 17.3 Å². The number of aromatic nitrogens is 2. The van der Waals surface area contributed by atoms with Crippen LogP contribution in [0, 0.1) is 0 Å². The summed E-state index contributed by atoms with van der Waals surface area (Å²) < 4.78 is 2.22. The monoisotopic (exact) mass is 422 g/mol. The molecule has 0 atom stereocenters. The van der Waals surface area contributed by atoms with Crippen molar-refractivity contribution in [2.45, 2.75) is 25.0 Å². The highest BCUT2D eigenvalue weighted by atomic mass is 32.2. The van der Waals surface area contributed by atoms with Crippen molar-refractivity contribution in [3.8, 4) is 0 Å². The van der Waals surface area contributed by atoms with E-state index in [0.29, 0.717) is 31.9 Å². The van der Waals surface area contributed by atoms with Crippen molar-refractivity contribution < 1.29 is 9.59 Å². The van der Waals surface area contributed by atoms with Gasteiger partial charge in [-0.3, -0.25) is 9.59 Å². The van der Waals surface area contributed by atoms with E-state index in [2.05, 4.69) is 34.9 Å². The number of hydrogen-bond donors (Lipinski definition) is 0. The zero-order chi connectivity index (χ0) is 20.9. The summed E-state index contributed by atoms with van der Waals surface area (Å²) in [6, 6.07) is 18.5. The second kappa shape index (κ2) is 9.34. The van der Waals surface area contributed by atoms with Gasteiger partial charge in [-0.05, 0) is 24.1 Å². The Morgan fingerprint density at radius 3 is 2.33 bits per heavy atom. The van der Waals surface area contributed by atoms with Crippen molar-refractivity contribution in [2.24, 2.45) is 0 Å². The number of hydrogen-bond acceptors (Lipinski definition) is 4. The van der Waals surface area contributed by atoms with Crippen molar-refractivity contribution in [2.75, 3.05) is 31.9 Å². The number of rotatable bonds is 6. The topological polar surface area (TPSA) is 58.4 Å². The lowest BCUT2D eigenvalue weighted by atomic mass is 10.1. The lowest BCUT2D eigenvalue weighted by Gasteiger charge is -2.34. The van der Waals surface area contributed by atoms with Gasteiger partial charge in [-0.1, -0.05) is 54.2 Å². The van der Waals surface area contributed by atoms with E-state index < -0.39 is 0 Å². The zero-order valence-corrected chi connectivity index (χ0v) is 18.0. The van der Waals surface area contributed by atoms with Crippen LogP contribution >= 0.6 is 11.8 Å². The summed E-state index contributed by atoms with van der Waals surface area (Å²) in [7, 11) is 0. The minimum atomic E-state index is 0.0728. The molecule has 0 spiro atoms. The third kappa shape index (κ3) is 4.67. The third-order valence-electron chi connectivity index (χ3n) is 5.49. The fraction of sp³-hybridized carbons (Fsp3) is 0.348. The van der Waals surface area contributed by atoms with Gasteiger partial charge < -0.3 is 14.4 Å². The van der Waals surface area contributed by atoms with E-state index in [0.717, 1.165) is 29.2 Å². The number of imidazole rings is 1. The number of para-hydroxylation sites is 2. The third-order valence-corrected chi connectivity index (χ3v) is 6.45. The fourth-order valence-electron chi connectivity index (χ4n) is 3.75. The van der Waals surface area contributed by atoms with E-state index in [1.54, 1.807) is 11.8 Å². The number of carbonyl (C=O) groups excluding carboxylic acids is 2. The molecule has 0 saturated carbocycles. The lowest BCUT2D eigenvalue weighted by Crippen LogP contribution is -2.50. The maximum absolute atomic E-state index is 12.7. The van der Waals surface area contributed by atoms with Crippen molar-refractivity contribution in [3.63, 3.8) is 0 Å². The number of nitrogens with zero attached hydrogens (tertiary/aromatic N) is 4. The fourth-order valence-corrected chi connectivity index (χ4v) is 4.70. The molecule has 30 heavy (non-hydrogen) atoms. The molecule has 0 aliphatic carbocycles. The van der Waals surface area contributed by atoms with E-state index in [-0.39, 0.29) is 11.8 Å². The number of amides is 2. The van der Waals surface area contributed by atoms with Crippen molar-refractivity contribution in [3.05, 3.63) is 60.2 Å². The molecule has 2 aromatic carbocycles. The van der Waals surface area contributed by atoms with Crippen molar-refractivity contribution in [1.29, 1.82) is 0 Å². The van der Waals surface area contributed by atoms with Crippen LogP contribution in [-0.4, -0.2) is 63.1 Å². The van der Waals surface area contributed by atoms with E-state index in [1.807, 2.05) is 29.2 Å². The number of fused-ring (bicyclic) bond motifs is 1. The molecule has 7 heteroatoms. The maximum atomic E-state index is 12.7. The van der Waals surface area contributed by atoms with Crippen LogP contribution in [0.4, 0.5) is 0 Å². The van der Waals surface area contributed by atoms with Crippen LogP contribution in [0.3, 0.4) is 0 Å². The molecule has 1 saturated heterocycles. The first kappa shape index (κ1) is 20.5. The second-order valence-corrected chi connectivity index (χ2v) is 8.39. The minimum absolute atomic E-state index is 0.0728. The number of thioether (sulfide) groups is 1. The summed E-state index contributed by atoms with van der Waals surface area (Å²) in [5.41, 5.74) is 3.33. The molecule has 0 bridgehead atoms. The molecule has 6 nitrogen and oxygen atoms in total. The first-order chi connectivity index (χ1) is 14.6. The molecule has 0 N–H and O–H groups in total. The van der Waals surface area contributed by atoms with Crippen LogP contribution in [0.25, 0.3) is 11.0 Å². The zero-order valence-electron chi connectivity index (χ0n) is 17.2. The van der Waals surface area contributed by atoms with Gasteiger partial charge >= 0.3 is 0 Å². The molecule has 1 aliphatic rings. The Morgan fingerprint density at radius 2 is 1.60 bits per heavy atom. The van der Waals surface area contributed by atoms with Gasteiger partial charge in [0.25, 0.3) is 0 Å². The number of carbonyl (C=O) groups is 2. The Hall–Kier alpha value is -2.80. The van der Waals surface area contributed by atoms with Crippen molar-refractivity contribution >= 4 is 34.6 Å². The van der Waals surface area contributed by atoms with Crippen LogP contribution in [0.5, 0.6) is 0 Å². The summed E-state index contributed by atoms with van der Waals surface area (Å²) in [4.78, 5) is 32.6. The molecule has 2 amide bonds. The summed E-state index contributed by atoms with van der Waals surface area (Å²) in [5.74, 6) is 0.530. The molecular weight excluding hydrogens is 396 g/mol. The van der Waals surface area contributed by atoms with E-state index in [9.17, 15) is 9.59 Å². The normalized spacial score (nSPS) is 14.3. The van der Waals surface area contributed by atoms with Gasteiger partial charge in [0.1, 0.15) is 0 Å². The van der Waals surface area contributed by atoms with Gasteiger partial charge in [-0.25, -0.2) is 4.98 Å². The molecule has 2 heterocycles. The molecule has 0 unspecified atom stereocenters. The van der Waals surface area contributed by atoms with Gasteiger partial charge in [-0.2, -0.15) is 0 Å². The Labute approximate surface area is 180 Å². The average Bonchev–Trinajstić information content (AvgIpc) is 3.14. The first-order valence-corrected chi connectivity index (χ1v) is 11.3. The van der Waals surface area contributed by atoms with Crippen LogP contribution in [0.1, 0.15) is 12.5 Å². The summed E-state index contributed by atoms with van der Waals surface area (Å²) >= 11 is 1.50. The van der Waals surface area contributed by atoms with Crippen LogP contribution in [0.15, 0.2) is 59.8 Å². The molecule has 0 radical (unpaired) electrons. The Balaban J connectivity index is 1.43. The van der Waals surface area contributed by atoms with Crippen LogP contribution in [0.2, 0.25) is 0 Å². The minimum Gasteiger partial charge on any atom is -0.339 e. The highest BCUT2D eigenvalue weighted by molar-refractivity contribution is 7.99. The van der Waals surface area contributed by atoms with Crippen LogP contribution in [-0.2, 0) is 22.6 Å². The summed E-state index contributed by atoms with van der Waals surface area (Å²) in [6.45, 7) is 4.82. The molecule has 1 aliphatic heterocycles.